The minimum atomic E-state index is -0.923. The number of carboxylic acids is 1. The zero-order chi connectivity index (χ0) is 15.0. The molecule has 0 radical (unpaired) electrons. The second-order valence-electron chi connectivity index (χ2n) is 4.01. The van der Waals surface area contributed by atoms with Crippen molar-refractivity contribution in [3.63, 3.8) is 0 Å². The molecule has 1 amide bonds. The summed E-state index contributed by atoms with van der Waals surface area (Å²) in [6, 6.07) is 3.65. The number of anilines is 2. The summed E-state index contributed by atoms with van der Waals surface area (Å²) < 4.78 is 0. The van der Waals surface area contributed by atoms with Crippen LogP contribution in [0.4, 0.5) is 11.5 Å². The van der Waals surface area contributed by atoms with Gasteiger partial charge in [-0.15, -0.1) is 11.8 Å². The van der Waals surface area contributed by atoms with Gasteiger partial charge in [-0.3, -0.25) is 9.59 Å². The van der Waals surface area contributed by atoms with Crippen molar-refractivity contribution in [2.45, 2.75) is 13.8 Å². The lowest BCUT2D eigenvalue weighted by Crippen LogP contribution is -2.23. The molecular weight excluding hydrogens is 278 g/mol. The lowest BCUT2D eigenvalue weighted by molar-refractivity contribution is -0.133. The Morgan fingerprint density at radius 1 is 1.30 bits per heavy atom. The Balaban J connectivity index is 2.48. The topological polar surface area (TPSA) is 82.5 Å². The average Bonchev–Trinajstić information content (AvgIpc) is 2.41. The molecule has 0 saturated carbocycles. The second kappa shape index (κ2) is 8.42. The van der Waals surface area contributed by atoms with Gasteiger partial charge >= 0.3 is 5.97 Å². The molecule has 1 rings (SSSR count). The number of pyridine rings is 1. The van der Waals surface area contributed by atoms with Crippen LogP contribution >= 0.6 is 11.8 Å². The van der Waals surface area contributed by atoms with E-state index in [4.69, 9.17) is 5.11 Å². The van der Waals surface area contributed by atoms with Gasteiger partial charge < -0.3 is 15.3 Å². The summed E-state index contributed by atoms with van der Waals surface area (Å²) >= 11 is 1.06. The fourth-order valence-corrected chi connectivity index (χ4v) is 2.16. The van der Waals surface area contributed by atoms with Crippen LogP contribution in [0, 0.1) is 0 Å². The van der Waals surface area contributed by atoms with Gasteiger partial charge in [-0.25, -0.2) is 4.98 Å². The molecule has 0 aliphatic heterocycles. The lowest BCUT2D eigenvalue weighted by atomic mass is 10.3. The number of nitrogens with one attached hydrogen (secondary N) is 1. The molecule has 0 saturated heterocycles. The van der Waals surface area contributed by atoms with Crippen molar-refractivity contribution >= 4 is 35.1 Å². The van der Waals surface area contributed by atoms with Crippen LogP contribution < -0.4 is 10.2 Å². The second-order valence-corrected chi connectivity index (χ2v) is 5.00. The van der Waals surface area contributed by atoms with Gasteiger partial charge in [-0.05, 0) is 26.0 Å². The number of rotatable bonds is 8. The Kier molecular flexibility index (Phi) is 6.86. The predicted molar refractivity (Wildman–Crippen MR) is 81.4 cm³/mol. The summed E-state index contributed by atoms with van der Waals surface area (Å²) in [5.74, 6) is -0.244. The Morgan fingerprint density at radius 3 is 2.50 bits per heavy atom. The Morgan fingerprint density at radius 2 is 2.00 bits per heavy atom. The fourth-order valence-electron chi connectivity index (χ4n) is 1.62. The first kappa shape index (κ1) is 16.3. The maximum atomic E-state index is 11.6. The van der Waals surface area contributed by atoms with Crippen LogP contribution in [0.25, 0.3) is 0 Å². The monoisotopic (exact) mass is 297 g/mol. The smallest absolute Gasteiger partial charge is 0.313 e. The third kappa shape index (κ3) is 5.48. The summed E-state index contributed by atoms with van der Waals surface area (Å²) in [6.07, 6.45) is 1.60. The van der Waals surface area contributed by atoms with E-state index in [2.05, 4.69) is 29.0 Å². The quantitative estimate of drug-likeness (QED) is 0.760. The van der Waals surface area contributed by atoms with Gasteiger partial charge in [-0.1, -0.05) is 0 Å². The molecule has 7 heteroatoms. The van der Waals surface area contributed by atoms with Gasteiger partial charge in [0.25, 0.3) is 0 Å². The third-order valence-electron chi connectivity index (χ3n) is 2.58. The van der Waals surface area contributed by atoms with E-state index in [1.54, 1.807) is 12.3 Å². The summed E-state index contributed by atoms with van der Waals surface area (Å²) in [7, 11) is 0. The van der Waals surface area contributed by atoms with Crippen molar-refractivity contribution in [2.24, 2.45) is 0 Å². The van der Waals surface area contributed by atoms with Gasteiger partial charge in [0.2, 0.25) is 5.91 Å². The van der Waals surface area contributed by atoms with Crippen LogP contribution in [-0.2, 0) is 9.59 Å². The van der Waals surface area contributed by atoms with Gasteiger partial charge in [0.15, 0.2) is 0 Å². The molecule has 0 aliphatic rings. The number of carbonyl (C=O) groups excluding carboxylic acids is 1. The van der Waals surface area contributed by atoms with Crippen molar-refractivity contribution in [3.8, 4) is 0 Å². The zero-order valence-corrected chi connectivity index (χ0v) is 12.4. The average molecular weight is 297 g/mol. The zero-order valence-electron chi connectivity index (χ0n) is 11.6. The SMILES string of the molecule is CCN(CC)c1ccc(NC(=O)CSCC(=O)O)cn1. The number of amides is 1. The Bertz CT molecular complexity index is 447. The molecule has 110 valence electrons. The molecule has 0 unspecified atom stereocenters. The first-order valence-corrected chi connectivity index (χ1v) is 7.52. The van der Waals surface area contributed by atoms with E-state index >= 15 is 0 Å². The van der Waals surface area contributed by atoms with E-state index in [9.17, 15) is 9.59 Å². The standard InChI is InChI=1S/C13H19N3O3S/c1-3-16(4-2)11-6-5-10(7-14-11)15-12(17)8-20-9-13(18)19/h5-7H,3-4,8-9H2,1-2H3,(H,15,17)(H,18,19). The van der Waals surface area contributed by atoms with Crippen molar-refractivity contribution in [2.75, 3.05) is 34.8 Å². The number of carboxylic acid groups (broad SMARTS) is 1. The van der Waals surface area contributed by atoms with Gasteiger partial charge in [0.05, 0.1) is 23.4 Å². The number of aromatic nitrogens is 1. The minimum Gasteiger partial charge on any atom is -0.481 e. The Labute approximate surface area is 122 Å². The molecule has 2 N–H and O–H groups in total. The van der Waals surface area contributed by atoms with Gasteiger partial charge in [-0.2, -0.15) is 0 Å². The van der Waals surface area contributed by atoms with E-state index in [1.807, 2.05) is 6.07 Å². The van der Waals surface area contributed by atoms with E-state index in [0.717, 1.165) is 30.7 Å². The molecular formula is C13H19N3O3S. The number of nitrogens with zero attached hydrogens (tertiary/aromatic N) is 2. The van der Waals surface area contributed by atoms with Crippen molar-refractivity contribution in [1.29, 1.82) is 0 Å². The summed E-state index contributed by atoms with van der Waals surface area (Å²) in [6.45, 7) is 5.86. The molecule has 1 heterocycles. The summed E-state index contributed by atoms with van der Waals surface area (Å²) in [5, 5.41) is 11.2. The van der Waals surface area contributed by atoms with Crippen LogP contribution in [-0.4, -0.2) is 46.6 Å². The highest BCUT2D eigenvalue weighted by molar-refractivity contribution is 8.00. The number of thioether (sulfide) groups is 1. The van der Waals surface area contributed by atoms with Gasteiger partial charge in [0, 0.05) is 13.1 Å². The largest absolute Gasteiger partial charge is 0.481 e. The minimum absolute atomic E-state index is 0.0768. The molecule has 0 atom stereocenters. The lowest BCUT2D eigenvalue weighted by Gasteiger charge is -2.19. The van der Waals surface area contributed by atoms with Crippen molar-refractivity contribution in [3.05, 3.63) is 18.3 Å². The Hall–Kier alpha value is -1.76. The first-order chi connectivity index (χ1) is 9.56. The number of carbonyl (C=O) groups is 2. The number of aliphatic carboxylic acids is 1. The molecule has 20 heavy (non-hydrogen) atoms. The highest BCUT2D eigenvalue weighted by Gasteiger charge is 2.06. The van der Waals surface area contributed by atoms with Crippen LogP contribution in [0.15, 0.2) is 18.3 Å². The third-order valence-corrected chi connectivity index (χ3v) is 3.50. The van der Waals surface area contributed by atoms with E-state index < -0.39 is 5.97 Å². The summed E-state index contributed by atoms with van der Waals surface area (Å²) in [5.41, 5.74) is 0.613. The van der Waals surface area contributed by atoms with E-state index in [-0.39, 0.29) is 17.4 Å². The number of hydrogen-bond donors (Lipinski definition) is 2. The van der Waals surface area contributed by atoms with Crippen LogP contribution in [0.5, 0.6) is 0 Å². The maximum absolute atomic E-state index is 11.6. The maximum Gasteiger partial charge on any atom is 0.313 e. The predicted octanol–water partition coefficient (Wildman–Crippen LogP) is 1.68. The molecule has 1 aromatic heterocycles. The fraction of sp³-hybridized carbons (Fsp3) is 0.462. The molecule has 1 aromatic rings. The molecule has 0 aromatic carbocycles. The number of hydrogen-bond acceptors (Lipinski definition) is 5. The summed E-state index contributed by atoms with van der Waals surface area (Å²) in [4.78, 5) is 28.3. The van der Waals surface area contributed by atoms with Crippen molar-refractivity contribution < 1.29 is 14.7 Å². The molecule has 0 spiro atoms. The molecule has 0 aliphatic carbocycles. The molecule has 0 fully saturated rings. The highest BCUT2D eigenvalue weighted by Crippen LogP contribution is 2.14. The molecule has 6 nitrogen and oxygen atoms in total. The van der Waals surface area contributed by atoms with Gasteiger partial charge in [0.1, 0.15) is 5.82 Å². The normalized spacial score (nSPS) is 10.1. The van der Waals surface area contributed by atoms with Crippen molar-refractivity contribution in [1.82, 2.24) is 4.98 Å². The first-order valence-electron chi connectivity index (χ1n) is 6.37. The highest BCUT2D eigenvalue weighted by atomic mass is 32.2. The van der Waals surface area contributed by atoms with Crippen LogP contribution in [0.1, 0.15) is 13.8 Å². The molecule has 0 bridgehead atoms. The van der Waals surface area contributed by atoms with E-state index in [1.165, 1.54) is 0 Å². The van der Waals surface area contributed by atoms with E-state index in [0.29, 0.717) is 5.69 Å². The van der Waals surface area contributed by atoms with Crippen LogP contribution in [0.2, 0.25) is 0 Å². The van der Waals surface area contributed by atoms with Crippen LogP contribution in [0.3, 0.4) is 0 Å².